The van der Waals surface area contributed by atoms with Crippen LogP contribution in [-0.4, -0.2) is 27.5 Å². The molecule has 0 amide bonds. The monoisotopic (exact) mass is 231 g/mol. The second-order valence-electron chi connectivity index (χ2n) is 5.36. The molecule has 1 saturated carbocycles. The molecule has 1 aromatic rings. The number of rotatable bonds is 2. The van der Waals surface area contributed by atoms with Crippen LogP contribution in [0.1, 0.15) is 56.1 Å². The summed E-state index contributed by atoms with van der Waals surface area (Å²) in [6.07, 6.45) is 10.1. The van der Waals surface area contributed by atoms with Gasteiger partial charge in [0.2, 0.25) is 0 Å². The zero-order valence-corrected chi connectivity index (χ0v) is 10.6. The van der Waals surface area contributed by atoms with Crippen molar-refractivity contribution < 1.29 is 0 Å². The maximum Gasteiger partial charge on any atom is 0.125 e. The molecule has 92 valence electrons. The van der Waals surface area contributed by atoms with Crippen LogP contribution in [0.25, 0.3) is 0 Å². The average Bonchev–Trinajstić information content (AvgIpc) is 3.00. The summed E-state index contributed by atoms with van der Waals surface area (Å²) >= 11 is 0. The van der Waals surface area contributed by atoms with E-state index in [1.807, 2.05) is 13.1 Å². The van der Waals surface area contributed by atoms with Crippen LogP contribution in [0, 0.1) is 6.92 Å². The minimum absolute atomic E-state index is 0.555. The van der Waals surface area contributed by atoms with Crippen molar-refractivity contribution in [2.75, 3.05) is 6.54 Å². The quantitative estimate of drug-likeness (QED) is 0.783. The minimum Gasteiger partial charge on any atom is -0.292 e. The molecule has 17 heavy (non-hydrogen) atoms. The van der Waals surface area contributed by atoms with Gasteiger partial charge in [0.25, 0.3) is 0 Å². The maximum absolute atomic E-state index is 4.62. The first kappa shape index (κ1) is 11.1. The molecular formula is C14H21N3. The van der Waals surface area contributed by atoms with E-state index in [0.29, 0.717) is 6.04 Å². The van der Waals surface area contributed by atoms with Gasteiger partial charge in [-0.05, 0) is 45.2 Å². The van der Waals surface area contributed by atoms with Crippen LogP contribution < -0.4 is 0 Å². The Morgan fingerprint density at radius 2 is 2.00 bits per heavy atom. The van der Waals surface area contributed by atoms with Crippen molar-refractivity contribution >= 4 is 0 Å². The lowest BCUT2D eigenvalue weighted by Gasteiger charge is -2.30. The SMILES string of the molecule is Cc1nccc(C2CCCN2C2CCCC2)n1. The van der Waals surface area contributed by atoms with Crippen LogP contribution in [0.5, 0.6) is 0 Å². The smallest absolute Gasteiger partial charge is 0.125 e. The Hall–Kier alpha value is -0.960. The average molecular weight is 231 g/mol. The van der Waals surface area contributed by atoms with Gasteiger partial charge in [0, 0.05) is 12.2 Å². The molecule has 2 aliphatic rings. The van der Waals surface area contributed by atoms with E-state index in [1.165, 1.54) is 50.8 Å². The Labute approximate surface area is 103 Å². The van der Waals surface area contributed by atoms with Crippen molar-refractivity contribution in [3.8, 4) is 0 Å². The molecule has 0 aromatic carbocycles. The Morgan fingerprint density at radius 3 is 2.76 bits per heavy atom. The van der Waals surface area contributed by atoms with Crippen LogP contribution >= 0.6 is 0 Å². The zero-order valence-electron chi connectivity index (χ0n) is 10.6. The molecule has 1 aliphatic heterocycles. The molecule has 0 N–H and O–H groups in total. The lowest BCUT2D eigenvalue weighted by molar-refractivity contribution is 0.179. The fraction of sp³-hybridized carbons (Fsp3) is 0.714. The summed E-state index contributed by atoms with van der Waals surface area (Å²) in [7, 11) is 0. The van der Waals surface area contributed by atoms with E-state index in [4.69, 9.17) is 0 Å². The second-order valence-corrected chi connectivity index (χ2v) is 5.36. The van der Waals surface area contributed by atoms with Crippen molar-refractivity contribution in [3.63, 3.8) is 0 Å². The molecule has 0 radical (unpaired) electrons. The number of likely N-dealkylation sites (tertiary alicyclic amines) is 1. The Kier molecular flexibility index (Phi) is 3.10. The van der Waals surface area contributed by atoms with Gasteiger partial charge in [-0.1, -0.05) is 12.8 Å². The predicted octanol–water partition coefficient (Wildman–Crippen LogP) is 2.86. The van der Waals surface area contributed by atoms with Crippen molar-refractivity contribution in [3.05, 3.63) is 23.8 Å². The fourth-order valence-corrected chi connectivity index (χ4v) is 3.44. The Morgan fingerprint density at radius 1 is 1.18 bits per heavy atom. The first-order valence-electron chi connectivity index (χ1n) is 6.90. The molecule has 1 atom stereocenters. The van der Waals surface area contributed by atoms with E-state index in [9.17, 15) is 0 Å². The van der Waals surface area contributed by atoms with Gasteiger partial charge in [0.1, 0.15) is 5.82 Å². The standard InChI is InChI=1S/C14H21N3/c1-11-15-9-8-13(16-11)14-7-4-10-17(14)12-5-2-3-6-12/h8-9,12,14H,2-7,10H2,1H3. The van der Waals surface area contributed by atoms with Gasteiger partial charge in [-0.3, -0.25) is 4.90 Å². The number of nitrogens with zero attached hydrogens (tertiary/aromatic N) is 3. The van der Waals surface area contributed by atoms with E-state index in [0.717, 1.165) is 11.9 Å². The number of aryl methyl sites for hydroxylation is 1. The normalized spacial score (nSPS) is 26.8. The predicted molar refractivity (Wildman–Crippen MR) is 67.7 cm³/mol. The van der Waals surface area contributed by atoms with Crippen molar-refractivity contribution in [2.45, 2.75) is 57.5 Å². The van der Waals surface area contributed by atoms with Gasteiger partial charge in [-0.25, -0.2) is 9.97 Å². The third kappa shape index (κ3) is 2.21. The highest BCUT2D eigenvalue weighted by atomic mass is 15.2. The lowest BCUT2D eigenvalue weighted by atomic mass is 10.1. The second kappa shape index (κ2) is 4.73. The number of hydrogen-bond acceptors (Lipinski definition) is 3. The van der Waals surface area contributed by atoms with Gasteiger partial charge < -0.3 is 0 Å². The first-order chi connectivity index (χ1) is 8.34. The third-order valence-corrected chi connectivity index (χ3v) is 4.23. The maximum atomic E-state index is 4.62. The summed E-state index contributed by atoms with van der Waals surface area (Å²) in [6, 6.07) is 3.47. The van der Waals surface area contributed by atoms with Gasteiger partial charge in [-0.2, -0.15) is 0 Å². The first-order valence-corrected chi connectivity index (χ1v) is 6.90. The van der Waals surface area contributed by atoms with E-state index in [-0.39, 0.29) is 0 Å². The molecule has 1 saturated heterocycles. The summed E-state index contributed by atoms with van der Waals surface area (Å²) < 4.78 is 0. The molecule has 3 heteroatoms. The fourth-order valence-electron chi connectivity index (χ4n) is 3.44. The molecule has 0 bridgehead atoms. The number of hydrogen-bond donors (Lipinski definition) is 0. The molecule has 2 fully saturated rings. The Bertz CT molecular complexity index is 385. The summed E-state index contributed by atoms with van der Waals surface area (Å²) in [5.74, 6) is 0.903. The van der Waals surface area contributed by atoms with E-state index in [2.05, 4.69) is 20.9 Å². The highest BCUT2D eigenvalue weighted by molar-refractivity contribution is 5.10. The zero-order chi connectivity index (χ0) is 11.7. The van der Waals surface area contributed by atoms with Crippen LogP contribution in [0.2, 0.25) is 0 Å². The molecular weight excluding hydrogens is 210 g/mol. The van der Waals surface area contributed by atoms with Crippen molar-refractivity contribution in [1.29, 1.82) is 0 Å². The summed E-state index contributed by atoms with van der Waals surface area (Å²) in [5.41, 5.74) is 1.24. The highest BCUT2D eigenvalue weighted by Gasteiger charge is 2.33. The molecule has 1 unspecified atom stereocenters. The lowest BCUT2D eigenvalue weighted by Crippen LogP contribution is -2.33. The van der Waals surface area contributed by atoms with E-state index < -0.39 is 0 Å². The summed E-state index contributed by atoms with van der Waals surface area (Å²) in [5, 5.41) is 0. The number of aromatic nitrogens is 2. The van der Waals surface area contributed by atoms with Crippen LogP contribution in [0.3, 0.4) is 0 Å². The molecule has 2 heterocycles. The van der Waals surface area contributed by atoms with Crippen LogP contribution in [0.4, 0.5) is 0 Å². The summed E-state index contributed by atoms with van der Waals surface area (Å²) in [6.45, 7) is 3.25. The molecule has 1 aromatic heterocycles. The van der Waals surface area contributed by atoms with Gasteiger partial charge >= 0.3 is 0 Å². The topological polar surface area (TPSA) is 29.0 Å². The Balaban J connectivity index is 1.81. The van der Waals surface area contributed by atoms with Crippen LogP contribution in [0.15, 0.2) is 12.3 Å². The largest absolute Gasteiger partial charge is 0.292 e. The van der Waals surface area contributed by atoms with Gasteiger partial charge in [-0.15, -0.1) is 0 Å². The van der Waals surface area contributed by atoms with Crippen molar-refractivity contribution in [2.24, 2.45) is 0 Å². The minimum atomic E-state index is 0.555. The van der Waals surface area contributed by atoms with Crippen LogP contribution in [-0.2, 0) is 0 Å². The van der Waals surface area contributed by atoms with E-state index in [1.54, 1.807) is 0 Å². The summed E-state index contributed by atoms with van der Waals surface area (Å²) in [4.78, 5) is 11.5. The van der Waals surface area contributed by atoms with Gasteiger partial charge in [0.05, 0.1) is 11.7 Å². The molecule has 1 aliphatic carbocycles. The van der Waals surface area contributed by atoms with E-state index >= 15 is 0 Å². The van der Waals surface area contributed by atoms with Crippen molar-refractivity contribution in [1.82, 2.24) is 14.9 Å². The third-order valence-electron chi connectivity index (χ3n) is 4.23. The molecule has 3 nitrogen and oxygen atoms in total. The van der Waals surface area contributed by atoms with Gasteiger partial charge in [0.15, 0.2) is 0 Å². The highest BCUT2D eigenvalue weighted by Crippen LogP contribution is 2.37. The molecule has 0 spiro atoms. The molecule has 3 rings (SSSR count).